The molecule has 3 rings (SSSR count). The van der Waals surface area contributed by atoms with Crippen molar-refractivity contribution in [2.24, 2.45) is 0 Å². The van der Waals surface area contributed by atoms with Gasteiger partial charge in [-0.25, -0.2) is 8.78 Å². The molecule has 0 unspecified atom stereocenters. The van der Waals surface area contributed by atoms with Crippen molar-refractivity contribution in [2.75, 3.05) is 7.05 Å². The Morgan fingerprint density at radius 3 is 2.71 bits per heavy atom. The van der Waals surface area contributed by atoms with Crippen LogP contribution in [0.4, 0.5) is 8.78 Å². The highest BCUT2D eigenvalue weighted by atomic mass is 19.1. The molecular formula is C17H16F2N2. The van der Waals surface area contributed by atoms with Gasteiger partial charge in [0.05, 0.1) is 12.1 Å². The normalized spacial score (nSPS) is 11.2. The number of nitrogens with zero attached hydrogens (tertiary/aromatic N) is 1. The Kier molecular flexibility index (Phi) is 3.71. The van der Waals surface area contributed by atoms with Gasteiger partial charge in [0.25, 0.3) is 0 Å². The summed E-state index contributed by atoms with van der Waals surface area (Å²) >= 11 is 0. The van der Waals surface area contributed by atoms with Crippen LogP contribution in [-0.2, 0) is 13.1 Å². The van der Waals surface area contributed by atoms with Gasteiger partial charge < -0.3 is 9.88 Å². The maximum Gasteiger partial charge on any atom is 0.128 e. The Hall–Kier alpha value is -2.20. The van der Waals surface area contributed by atoms with Gasteiger partial charge in [0, 0.05) is 18.3 Å². The smallest absolute Gasteiger partial charge is 0.128 e. The van der Waals surface area contributed by atoms with Gasteiger partial charge in [-0.15, -0.1) is 0 Å². The molecule has 1 aromatic heterocycles. The monoisotopic (exact) mass is 286 g/mol. The first-order valence-corrected chi connectivity index (χ1v) is 6.84. The van der Waals surface area contributed by atoms with E-state index in [1.165, 1.54) is 12.1 Å². The number of hydrogen-bond donors (Lipinski definition) is 1. The largest absolute Gasteiger partial charge is 0.343 e. The van der Waals surface area contributed by atoms with E-state index in [4.69, 9.17) is 0 Å². The number of rotatable bonds is 4. The van der Waals surface area contributed by atoms with E-state index >= 15 is 0 Å². The van der Waals surface area contributed by atoms with Crippen LogP contribution in [0, 0.1) is 11.6 Å². The Morgan fingerprint density at radius 1 is 1.05 bits per heavy atom. The molecule has 0 fully saturated rings. The summed E-state index contributed by atoms with van der Waals surface area (Å²) < 4.78 is 29.1. The minimum absolute atomic E-state index is 0.313. The van der Waals surface area contributed by atoms with Crippen LogP contribution in [0.5, 0.6) is 0 Å². The first-order valence-electron chi connectivity index (χ1n) is 6.84. The van der Waals surface area contributed by atoms with E-state index in [0.717, 1.165) is 29.1 Å². The van der Waals surface area contributed by atoms with Crippen LogP contribution in [0.15, 0.2) is 48.7 Å². The van der Waals surface area contributed by atoms with E-state index in [1.807, 2.05) is 42.1 Å². The van der Waals surface area contributed by atoms with Crippen LogP contribution in [0.1, 0.15) is 11.1 Å². The molecule has 2 aromatic carbocycles. The lowest BCUT2D eigenvalue weighted by Gasteiger charge is -2.10. The van der Waals surface area contributed by atoms with E-state index in [9.17, 15) is 8.78 Å². The van der Waals surface area contributed by atoms with Gasteiger partial charge in [-0.2, -0.15) is 0 Å². The lowest BCUT2D eigenvalue weighted by Crippen LogP contribution is -2.08. The van der Waals surface area contributed by atoms with E-state index in [-0.39, 0.29) is 5.82 Å². The Labute approximate surface area is 122 Å². The summed E-state index contributed by atoms with van der Waals surface area (Å²) in [5.74, 6) is -0.803. The van der Waals surface area contributed by atoms with Gasteiger partial charge in [-0.1, -0.05) is 18.2 Å². The molecule has 0 aliphatic carbocycles. The van der Waals surface area contributed by atoms with E-state index in [1.54, 1.807) is 0 Å². The number of benzene rings is 2. The fourth-order valence-corrected chi connectivity index (χ4v) is 2.65. The highest BCUT2D eigenvalue weighted by molar-refractivity contribution is 5.83. The molecule has 3 aromatic rings. The zero-order valence-corrected chi connectivity index (χ0v) is 11.7. The van der Waals surface area contributed by atoms with Crippen LogP contribution >= 0.6 is 0 Å². The average Bonchev–Trinajstić information content (AvgIpc) is 2.88. The fraction of sp³-hybridized carbons (Fsp3) is 0.176. The standard InChI is InChI=1S/C17H16F2N2/c1-20-10-13-4-2-3-12-7-8-21(17(12)13)11-14-9-15(18)5-6-16(14)19/h2-9,20H,10-11H2,1H3. The summed E-state index contributed by atoms with van der Waals surface area (Å²) in [5, 5.41) is 4.23. The molecule has 0 aliphatic heterocycles. The predicted octanol–water partition coefficient (Wildman–Crippen LogP) is 3.69. The van der Waals surface area contributed by atoms with Crippen LogP contribution in [0.2, 0.25) is 0 Å². The minimum Gasteiger partial charge on any atom is -0.343 e. The predicted molar refractivity (Wildman–Crippen MR) is 80.2 cm³/mol. The lowest BCUT2D eigenvalue weighted by molar-refractivity contribution is 0.579. The van der Waals surface area contributed by atoms with E-state index in [0.29, 0.717) is 12.1 Å². The molecule has 2 nitrogen and oxygen atoms in total. The highest BCUT2D eigenvalue weighted by Gasteiger charge is 2.09. The number of aromatic nitrogens is 1. The van der Waals surface area contributed by atoms with Gasteiger partial charge in [-0.3, -0.25) is 0 Å². The van der Waals surface area contributed by atoms with Crippen LogP contribution in [-0.4, -0.2) is 11.6 Å². The van der Waals surface area contributed by atoms with E-state index in [2.05, 4.69) is 5.32 Å². The van der Waals surface area contributed by atoms with Crippen molar-refractivity contribution in [1.82, 2.24) is 9.88 Å². The lowest BCUT2D eigenvalue weighted by atomic mass is 10.1. The van der Waals surface area contributed by atoms with Crippen molar-refractivity contribution in [3.8, 4) is 0 Å². The van der Waals surface area contributed by atoms with Crippen molar-refractivity contribution in [3.05, 3.63) is 71.4 Å². The zero-order valence-electron chi connectivity index (χ0n) is 11.7. The van der Waals surface area contributed by atoms with Crippen molar-refractivity contribution < 1.29 is 8.78 Å². The third kappa shape index (κ3) is 2.67. The number of hydrogen-bond acceptors (Lipinski definition) is 1. The van der Waals surface area contributed by atoms with E-state index < -0.39 is 5.82 Å². The van der Waals surface area contributed by atoms with Crippen molar-refractivity contribution >= 4 is 10.9 Å². The Balaban J connectivity index is 2.06. The number of para-hydroxylation sites is 1. The Morgan fingerprint density at radius 2 is 1.90 bits per heavy atom. The van der Waals surface area contributed by atoms with Crippen molar-refractivity contribution in [2.45, 2.75) is 13.1 Å². The third-order valence-corrected chi connectivity index (χ3v) is 3.59. The molecule has 0 bridgehead atoms. The molecule has 21 heavy (non-hydrogen) atoms. The summed E-state index contributed by atoms with van der Waals surface area (Å²) in [6.45, 7) is 1.04. The second-order valence-electron chi connectivity index (χ2n) is 5.06. The molecule has 0 spiro atoms. The quantitative estimate of drug-likeness (QED) is 0.774. The number of fused-ring (bicyclic) bond motifs is 1. The first-order chi connectivity index (χ1) is 10.2. The molecule has 0 amide bonds. The first kappa shape index (κ1) is 13.8. The molecule has 1 heterocycles. The summed E-state index contributed by atoms with van der Waals surface area (Å²) in [6, 6.07) is 11.6. The second-order valence-corrected chi connectivity index (χ2v) is 5.06. The Bertz CT molecular complexity index is 778. The fourth-order valence-electron chi connectivity index (χ4n) is 2.65. The molecule has 0 saturated heterocycles. The van der Waals surface area contributed by atoms with Crippen LogP contribution in [0.25, 0.3) is 10.9 Å². The topological polar surface area (TPSA) is 17.0 Å². The van der Waals surface area contributed by atoms with Crippen LogP contribution in [0.3, 0.4) is 0 Å². The second kappa shape index (κ2) is 5.66. The molecule has 0 atom stereocenters. The summed E-state index contributed by atoms with van der Waals surface area (Å²) in [6.07, 6.45) is 1.91. The molecule has 108 valence electrons. The molecule has 0 aliphatic rings. The average molecular weight is 286 g/mol. The molecule has 0 saturated carbocycles. The van der Waals surface area contributed by atoms with Gasteiger partial charge in [0.2, 0.25) is 0 Å². The summed E-state index contributed by atoms with van der Waals surface area (Å²) in [5.41, 5.74) is 2.54. The number of halogens is 2. The van der Waals surface area contributed by atoms with Crippen molar-refractivity contribution in [3.63, 3.8) is 0 Å². The summed E-state index contributed by atoms with van der Waals surface area (Å²) in [4.78, 5) is 0. The zero-order chi connectivity index (χ0) is 14.8. The van der Waals surface area contributed by atoms with Gasteiger partial charge in [0.1, 0.15) is 11.6 Å². The third-order valence-electron chi connectivity index (χ3n) is 3.59. The molecular weight excluding hydrogens is 270 g/mol. The van der Waals surface area contributed by atoms with Gasteiger partial charge in [-0.05, 0) is 42.3 Å². The molecule has 4 heteroatoms. The van der Waals surface area contributed by atoms with Crippen LogP contribution < -0.4 is 5.32 Å². The SMILES string of the molecule is CNCc1cccc2ccn(Cc3cc(F)ccc3F)c12. The van der Waals surface area contributed by atoms with Gasteiger partial charge >= 0.3 is 0 Å². The molecule has 1 N–H and O–H groups in total. The minimum atomic E-state index is -0.418. The van der Waals surface area contributed by atoms with Crippen molar-refractivity contribution in [1.29, 1.82) is 0 Å². The summed E-state index contributed by atoms with van der Waals surface area (Å²) in [7, 11) is 1.89. The maximum absolute atomic E-state index is 13.8. The molecule has 0 radical (unpaired) electrons. The highest BCUT2D eigenvalue weighted by Crippen LogP contribution is 2.22. The maximum atomic E-state index is 13.8. The number of nitrogens with one attached hydrogen (secondary N) is 1. The van der Waals surface area contributed by atoms with Gasteiger partial charge in [0.15, 0.2) is 0 Å².